The van der Waals surface area contributed by atoms with Crippen LogP contribution in [0.5, 0.6) is 0 Å². The van der Waals surface area contributed by atoms with Crippen molar-refractivity contribution in [3.8, 4) is 0 Å². The third-order valence-electron chi connectivity index (χ3n) is 3.25. The van der Waals surface area contributed by atoms with Gasteiger partial charge in [0.2, 0.25) is 0 Å². The average molecular weight is 254 g/mol. The number of nitrogens with zero attached hydrogens (tertiary/aromatic N) is 3. The largest absolute Gasteiger partial charge is 0.329 e. The predicted molar refractivity (Wildman–Crippen MR) is 73.3 cm³/mol. The van der Waals surface area contributed by atoms with E-state index in [2.05, 4.69) is 30.0 Å². The van der Waals surface area contributed by atoms with Crippen LogP contribution in [0.25, 0.3) is 0 Å². The van der Waals surface area contributed by atoms with Crippen LogP contribution in [0.3, 0.4) is 0 Å². The molecule has 1 saturated heterocycles. The van der Waals surface area contributed by atoms with Gasteiger partial charge in [-0.1, -0.05) is 0 Å². The lowest BCUT2D eigenvalue weighted by Crippen LogP contribution is -2.39. The Balaban J connectivity index is 2.10. The molecule has 1 unspecified atom stereocenters. The second-order valence-electron chi connectivity index (χ2n) is 4.75. The van der Waals surface area contributed by atoms with Crippen LogP contribution in [-0.4, -0.2) is 45.8 Å². The molecule has 1 aliphatic heterocycles. The van der Waals surface area contributed by atoms with Crippen molar-refractivity contribution in [2.45, 2.75) is 25.9 Å². The van der Waals surface area contributed by atoms with E-state index < -0.39 is 0 Å². The first kappa shape index (κ1) is 12.9. The molecule has 1 aliphatic rings. The molecule has 0 aliphatic carbocycles. The van der Waals surface area contributed by atoms with Crippen LogP contribution in [0.15, 0.2) is 12.4 Å². The maximum absolute atomic E-state index is 5.94. The van der Waals surface area contributed by atoms with E-state index in [9.17, 15) is 0 Å². The zero-order valence-electron chi connectivity index (χ0n) is 10.7. The first-order chi connectivity index (χ1) is 8.22. The first-order valence-electron chi connectivity index (χ1n) is 6.28. The van der Waals surface area contributed by atoms with E-state index >= 15 is 0 Å². The molecule has 2 rings (SSSR count). The predicted octanol–water partition coefficient (Wildman–Crippen LogP) is 1.51. The highest BCUT2D eigenvalue weighted by atomic mass is 32.2. The smallest absolute Gasteiger partial charge is 0.0538 e. The van der Waals surface area contributed by atoms with E-state index in [1.165, 1.54) is 17.1 Å². The maximum Gasteiger partial charge on any atom is 0.0538 e. The van der Waals surface area contributed by atoms with Crippen LogP contribution in [-0.2, 0) is 0 Å². The quantitative estimate of drug-likeness (QED) is 0.885. The molecule has 0 spiro atoms. The monoisotopic (exact) mass is 254 g/mol. The number of nitrogens with two attached hydrogens (primary N) is 1. The van der Waals surface area contributed by atoms with Crippen LogP contribution >= 0.6 is 11.8 Å². The Bertz CT molecular complexity index is 344. The highest BCUT2D eigenvalue weighted by Crippen LogP contribution is 2.23. The number of thioether (sulfide) groups is 1. The molecule has 1 fully saturated rings. The minimum Gasteiger partial charge on any atom is -0.329 e. The minimum atomic E-state index is 0.336. The second-order valence-corrected chi connectivity index (χ2v) is 5.97. The van der Waals surface area contributed by atoms with Gasteiger partial charge < -0.3 is 5.73 Å². The minimum absolute atomic E-state index is 0.336. The van der Waals surface area contributed by atoms with Crippen LogP contribution in [0.4, 0.5) is 0 Å². The zero-order valence-corrected chi connectivity index (χ0v) is 11.5. The van der Waals surface area contributed by atoms with Crippen molar-refractivity contribution in [1.82, 2.24) is 14.7 Å². The summed E-state index contributed by atoms with van der Waals surface area (Å²) in [7, 11) is 0. The maximum atomic E-state index is 5.94. The van der Waals surface area contributed by atoms with Crippen molar-refractivity contribution in [3.05, 3.63) is 18.0 Å². The lowest BCUT2D eigenvalue weighted by molar-refractivity contribution is 0.223. The second kappa shape index (κ2) is 5.89. The van der Waals surface area contributed by atoms with Gasteiger partial charge in [-0.25, -0.2) is 0 Å². The van der Waals surface area contributed by atoms with Crippen molar-refractivity contribution in [1.29, 1.82) is 0 Å². The molecule has 0 saturated carbocycles. The summed E-state index contributed by atoms with van der Waals surface area (Å²) in [5, 5.41) is 4.41. The average Bonchev–Trinajstić information content (AvgIpc) is 2.81. The van der Waals surface area contributed by atoms with Gasteiger partial charge in [0.15, 0.2) is 0 Å². The fourth-order valence-electron chi connectivity index (χ4n) is 2.19. The van der Waals surface area contributed by atoms with Gasteiger partial charge in [-0.15, -0.1) is 0 Å². The van der Waals surface area contributed by atoms with Gasteiger partial charge in [0, 0.05) is 48.9 Å². The van der Waals surface area contributed by atoms with Crippen LogP contribution in [0.1, 0.15) is 31.5 Å². The molecule has 1 atom stereocenters. The van der Waals surface area contributed by atoms with Crippen molar-refractivity contribution in [3.63, 3.8) is 0 Å². The third kappa shape index (κ3) is 3.03. The lowest BCUT2D eigenvalue weighted by atomic mass is 10.1. The Morgan fingerprint density at radius 3 is 2.65 bits per heavy atom. The topological polar surface area (TPSA) is 47.1 Å². The zero-order chi connectivity index (χ0) is 12.3. The normalized spacial score (nSPS) is 19.8. The molecule has 0 amide bonds. The van der Waals surface area contributed by atoms with Gasteiger partial charge >= 0.3 is 0 Å². The molecule has 17 heavy (non-hydrogen) atoms. The third-order valence-corrected chi connectivity index (χ3v) is 4.19. The summed E-state index contributed by atoms with van der Waals surface area (Å²) >= 11 is 2.03. The summed E-state index contributed by atoms with van der Waals surface area (Å²) in [6.07, 6.45) is 4.11. The van der Waals surface area contributed by atoms with Crippen LogP contribution in [0.2, 0.25) is 0 Å². The number of aromatic nitrogens is 2. The Morgan fingerprint density at radius 2 is 2.12 bits per heavy atom. The molecule has 2 heterocycles. The summed E-state index contributed by atoms with van der Waals surface area (Å²) in [6.45, 7) is 7.24. The van der Waals surface area contributed by atoms with Gasteiger partial charge in [-0.05, 0) is 13.8 Å². The van der Waals surface area contributed by atoms with Crippen LogP contribution in [0, 0.1) is 0 Å². The molecule has 1 aromatic heterocycles. The van der Waals surface area contributed by atoms with Gasteiger partial charge in [0.25, 0.3) is 0 Å². The molecule has 0 radical (unpaired) electrons. The SMILES string of the molecule is CC(C)n1cc(C(CN)N2CCSCC2)cn1. The Hall–Kier alpha value is -0.520. The lowest BCUT2D eigenvalue weighted by Gasteiger charge is -2.33. The Labute approximate surface area is 108 Å². The van der Waals surface area contributed by atoms with Gasteiger partial charge in [0.05, 0.1) is 12.2 Å². The van der Waals surface area contributed by atoms with Gasteiger partial charge in [-0.2, -0.15) is 16.9 Å². The fraction of sp³-hybridized carbons (Fsp3) is 0.750. The van der Waals surface area contributed by atoms with Crippen molar-refractivity contribution >= 4 is 11.8 Å². The van der Waals surface area contributed by atoms with E-state index in [1.54, 1.807) is 0 Å². The summed E-state index contributed by atoms with van der Waals surface area (Å²) < 4.78 is 2.01. The van der Waals surface area contributed by atoms with E-state index in [4.69, 9.17) is 5.73 Å². The number of rotatable bonds is 4. The summed E-state index contributed by atoms with van der Waals surface area (Å²) in [6, 6.07) is 0.752. The molecule has 4 nitrogen and oxygen atoms in total. The van der Waals surface area contributed by atoms with Crippen molar-refractivity contribution in [2.24, 2.45) is 5.73 Å². The Morgan fingerprint density at radius 1 is 1.41 bits per heavy atom. The fourth-order valence-corrected chi connectivity index (χ4v) is 3.12. The first-order valence-corrected chi connectivity index (χ1v) is 7.43. The van der Waals surface area contributed by atoms with E-state index in [0.29, 0.717) is 18.6 Å². The summed E-state index contributed by atoms with van der Waals surface area (Å²) in [5.74, 6) is 2.43. The molecule has 96 valence electrons. The molecule has 0 aromatic carbocycles. The van der Waals surface area contributed by atoms with Gasteiger partial charge in [0.1, 0.15) is 0 Å². The van der Waals surface area contributed by atoms with E-state index in [-0.39, 0.29) is 0 Å². The standard InChI is InChI=1S/C12H22N4S/c1-10(2)16-9-11(8-14-16)12(7-13)15-3-5-17-6-4-15/h8-10,12H,3-7,13H2,1-2H3. The molecule has 2 N–H and O–H groups in total. The van der Waals surface area contributed by atoms with Crippen LogP contribution < -0.4 is 5.73 Å². The molecular weight excluding hydrogens is 232 g/mol. The van der Waals surface area contributed by atoms with Gasteiger partial charge in [-0.3, -0.25) is 9.58 Å². The van der Waals surface area contributed by atoms with Crippen molar-refractivity contribution < 1.29 is 0 Å². The van der Waals surface area contributed by atoms with Crippen molar-refractivity contribution in [2.75, 3.05) is 31.1 Å². The highest BCUT2D eigenvalue weighted by molar-refractivity contribution is 7.99. The highest BCUT2D eigenvalue weighted by Gasteiger charge is 2.22. The molecular formula is C12H22N4S. The number of hydrogen-bond donors (Lipinski definition) is 1. The van der Waals surface area contributed by atoms with E-state index in [1.807, 2.05) is 22.6 Å². The van der Waals surface area contributed by atoms with E-state index in [0.717, 1.165) is 13.1 Å². The summed E-state index contributed by atoms with van der Waals surface area (Å²) in [4.78, 5) is 2.48. The number of hydrogen-bond acceptors (Lipinski definition) is 4. The molecule has 5 heteroatoms. The summed E-state index contributed by atoms with van der Waals surface area (Å²) in [5.41, 5.74) is 7.19. The Kier molecular flexibility index (Phi) is 4.48. The molecule has 1 aromatic rings. The molecule has 0 bridgehead atoms.